The molecule has 0 bridgehead atoms. The lowest BCUT2D eigenvalue weighted by Gasteiger charge is -2.30. The number of rotatable bonds is 0. The standard InChI is InChI=1S/C16H22N2O2/c1-11-10-18(15(20)16(2,3)4)13-9-7-6-8-12(13)17(5)14(11)19/h6-9,11H,10H2,1-5H3/t11-/m0/s1. The summed E-state index contributed by atoms with van der Waals surface area (Å²) < 4.78 is 0. The Kier molecular flexibility index (Phi) is 3.59. The number of hydrogen-bond acceptors (Lipinski definition) is 2. The SMILES string of the molecule is C[C@H]1CN(C(=O)C(C)(C)C)c2ccccc2N(C)C1=O. The lowest BCUT2D eigenvalue weighted by molar-refractivity contribution is -0.126. The van der Waals surface area contributed by atoms with E-state index in [1.165, 1.54) is 0 Å². The van der Waals surface area contributed by atoms with Crippen molar-refractivity contribution in [3.8, 4) is 0 Å². The van der Waals surface area contributed by atoms with E-state index in [9.17, 15) is 9.59 Å². The third-order valence-electron chi connectivity index (χ3n) is 3.63. The molecule has 0 saturated heterocycles. The van der Waals surface area contributed by atoms with Gasteiger partial charge in [0.2, 0.25) is 11.8 Å². The number of carbonyl (C=O) groups is 2. The Morgan fingerprint density at radius 2 is 1.75 bits per heavy atom. The molecule has 0 N–H and O–H groups in total. The maximum Gasteiger partial charge on any atom is 0.232 e. The molecule has 108 valence electrons. The van der Waals surface area contributed by atoms with Crippen LogP contribution in [0.25, 0.3) is 0 Å². The van der Waals surface area contributed by atoms with E-state index >= 15 is 0 Å². The van der Waals surface area contributed by atoms with E-state index < -0.39 is 5.41 Å². The lowest BCUT2D eigenvalue weighted by Crippen LogP contribution is -2.42. The van der Waals surface area contributed by atoms with Crippen molar-refractivity contribution in [1.29, 1.82) is 0 Å². The second-order valence-electron chi connectivity index (χ2n) is 6.45. The van der Waals surface area contributed by atoms with Crippen molar-refractivity contribution in [1.82, 2.24) is 0 Å². The molecule has 1 aromatic carbocycles. The van der Waals surface area contributed by atoms with Crippen LogP contribution in [0.4, 0.5) is 11.4 Å². The predicted molar refractivity (Wildman–Crippen MR) is 80.8 cm³/mol. The van der Waals surface area contributed by atoms with Crippen LogP contribution in [0.5, 0.6) is 0 Å². The first kappa shape index (κ1) is 14.6. The Morgan fingerprint density at radius 3 is 2.30 bits per heavy atom. The predicted octanol–water partition coefficient (Wildman–Crippen LogP) is 2.68. The Balaban J connectivity index is 2.55. The van der Waals surface area contributed by atoms with Crippen LogP contribution >= 0.6 is 0 Å². The summed E-state index contributed by atoms with van der Waals surface area (Å²) in [5.74, 6) is -0.125. The molecule has 2 rings (SSSR count). The second-order valence-corrected chi connectivity index (χ2v) is 6.45. The van der Waals surface area contributed by atoms with Crippen LogP contribution in [0, 0.1) is 11.3 Å². The number of fused-ring (bicyclic) bond motifs is 1. The summed E-state index contributed by atoms with van der Waals surface area (Å²) in [5, 5.41) is 0. The first-order valence-electron chi connectivity index (χ1n) is 6.92. The van der Waals surface area contributed by atoms with Crippen molar-refractivity contribution in [3.05, 3.63) is 24.3 Å². The van der Waals surface area contributed by atoms with Gasteiger partial charge < -0.3 is 9.80 Å². The number of hydrogen-bond donors (Lipinski definition) is 0. The highest BCUT2D eigenvalue weighted by Crippen LogP contribution is 2.35. The number of benzene rings is 1. The van der Waals surface area contributed by atoms with Gasteiger partial charge in [-0.1, -0.05) is 39.8 Å². The third kappa shape index (κ3) is 2.42. The van der Waals surface area contributed by atoms with Gasteiger partial charge in [0, 0.05) is 19.0 Å². The largest absolute Gasteiger partial charge is 0.313 e. The first-order chi connectivity index (χ1) is 9.23. The average Bonchev–Trinajstić information content (AvgIpc) is 2.49. The van der Waals surface area contributed by atoms with Crippen molar-refractivity contribution in [2.24, 2.45) is 11.3 Å². The van der Waals surface area contributed by atoms with Gasteiger partial charge in [-0.15, -0.1) is 0 Å². The minimum Gasteiger partial charge on any atom is -0.313 e. The van der Waals surface area contributed by atoms with Crippen molar-refractivity contribution in [3.63, 3.8) is 0 Å². The quantitative estimate of drug-likeness (QED) is 0.730. The topological polar surface area (TPSA) is 40.6 Å². The summed E-state index contributed by atoms with van der Waals surface area (Å²) in [6.07, 6.45) is 0. The van der Waals surface area contributed by atoms with Crippen LogP contribution in [0.1, 0.15) is 27.7 Å². The molecular formula is C16H22N2O2. The van der Waals surface area contributed by atoms with Crippen LogP contribution in [0.15, 0.2) is 24.3 Å². The van der Waals surface area contributed by atoms with Gasteiger partial charge in [-0.25, -0.2) is 0 Å². The molecule has 0 unspecified atom stereocenters. The summed E-state index contributed by atoms with van der Waals surface area (Å²) >= 11 is 0. The van der Waals surface area contributed by atoms with Gasteiger partial charge in [0.05, 0.1) is 17.3 Å². The van der Waals surface area contributed by atoms with E-state index in [0.717, 1.165) is 11.4 Å². The van der Waals surface area contributed by atoms with Gasteiger partial charge in [0.1, 0.15) is 0 Å². The smallest absolute Gasteiger partial charge is 0.232 e. The number of para-hydroxylation sites is 2. The zero-order valence-corrected chi connectivity index (χ0v) is 12.8. The number of amides is 2. The molecule has 4 nitrogen and oxygen atoms in total. The van der Waals surface area contributed by atoms with Crippen molar-refractivity contribution in [2.75, 3.05) is 23.4 Å². The summed E-state index contributed by atoms with van der Waals surface area (Å²) in [4.78, 5) is 28.4. The fraction of sp³-hybridized carbons (Fsp3) is 0.500. The van der Waals surface area contributed by atoms with Crippen molar-refractivity contribution >= 4 is 23.2 Å². The lowest BCUT2D eigenvalue weighted by atomic mass is 9.94. The van der Waals surface area contributed by atoms with E-state index in [0.29, 0.717) is 6.54 Å². The second kappa shape index (κ2) is 4.93. The molecule has 0 aromatic heterocycles. The molecule has 0 radical (unpaired) electrons. The number of carbonyl (C=O) groups excluding carboxylic acids is 2. The maximum atomic E-state index is 12.7. The molecular weight excluding hydrogens is 252 g/mol. The highest BCUT2D eigenvalue weighted by atomic mass is 16.2. The maximum absolute atomic E-state index is 12.7. The molecule has 0 aliphatic carbocycles. The van der Waals surface area contributed by atoms with Gasteiger partial charge in [0.15, 0.2) is 0 Å². The zero-order valence-electron chi connectivity index (χ0n) is 12.8. The Labute approximate surface area is 120 Å². The van der Waals surface area contributed by atoms with Gasteiger partial charge in [-0.05, 0) is 12.1 Å². The summed E-state index contributed by atoms with van der Waals surface area (Å²) in [5.41, 5.74) is 1.13. The molecule has 0 fully saturated rings. The first-order valence-corrected chi connectivity index (χ1v) is 6.92. The molecule has 1 aliphatic rings. The summed E-state index contributed by atoms with van der Waals surface area (Å²) in [6.45, 7) is 8.00. The highest BCUT2D eigenvalue weighted by Gasteiger charge is 2.35. The number of anilines is 2. The molecule has 2 amide bonds. The molecule has 4 heteroatoms. The Morgan fingerprint density at radius 1 is 1.20 bits per heavy atom. The Bertz CT molecular complexity index is 546. The minimum atomic E-state index is -0.473. The number of nitrogens with zero attached hydrogens (tertiary/aromatic N) is 2. The monoisotopic (exact) mass is 274 g/mol. The minimum absolute atomic E-state index is 0.0416. The van der Waals surface area contributed by atoms with E-state index in [1.807, 2.05) is 52.0 Å². The van der Waals surface area contributed by atoms with Crippen molar-refractivity contribution in [2.45, 2.75) is 27.7 Å². The van der Waals surface area contributed by atoms with E-state index in [1.54, 1.807) is 16.8 Å². The van der Waals surface area contributed by atoms with Gasteiger partial charge in [-0.2, -0.15) is 0 Å². The molecule has 1 heterocycles. The Hall–Kier alpha value is -1.84. The highest BCUT2D eigenvalue weighted by molar-refractivity contribution is 6.06. The van der Waals surface area contributed by atoms with Gasteiger partial charge >= 0.3 is 0 Å². The van der Waals surface area contributed by atoms with Crippen LogP contribution in [0.2, 0.25) is 0 Å². The van der Waals surface area contributed by atoms with Crippen LogP contribution < -0.4 is 9.80 Å². The third-order valence-corrected chi connectivity index (χ3v) is 3.63. The summed E-state index contributed by atoms with van der Waals surface area (Å²) in [7, 11) is 1.77. The normalized spacial score (nSPS) is 19.6. The molecule has 1 aliphatic heterocycles. The summed E-state index contributed by atoms with van der Waals surface area (Å²) in [6, 6.07) is 7.57. The average molecular weight is 274 g/mol. The molecule has 0 saturated carbocycles. The van der Waals surface area contributed by atoms with Crippen LogP contribution in [-0.4, -0.2) is 25.4 Å². The van der Waals surface area contributed by atoms with E-state index in [2.05, 4.69) is 0 Å². The van der Waals surface area contributed by atoms with Crippen LogP contribution in [0.3, 0.4) is 0 Å². The van der Waals surface area contributed by atoms with Crippen LogP contribution in [-0.2, 0) is 9.59 Å². The van der Waals surface area contributed by atoms with E-state index in [4.69, 9.17) is 0 Å². The van der Waals surface area contributed by atoms with E-state index in [-0.39, 0.29) is 17.7 Å². The molecule has 0 spiro atoms. The fourth-order valence-corrected chi connectivity index (χ4v) is 2.47. The molecule has 1 aromatic rings. The van der Waals surface area contributed by atoms with Gasteiger partial charge in [0.25, 0.3) is 0 Å². The van der Waals surface area contributed by atoms with Gasteiger partial charge in [-0.3, -0.25) is 9.59 Å². The fourth-order valence-electron chi connectivity index (χ4n) is 2.47. The zero-order chi connectivity index (χ0) is 15.1. The molecule has 1 atom stereocenters. The van der Waals surface area contributed by atoms with Crippen molar-refractivity contribution < 1.29 is 9.59 Å². The molecule has 20 heavy (non-hydrogen) atoms.